The number of para-hydroxylation sites is 2. The van der Waals surface area contributed by atoms with Crippen molar-refractivity contribution in [1.29, 1.82) is 0 Å². The lowest BCUT2D eigenvalue weighted by atomic mass is 10.2. The quantitative estimate of drug-likeness (QED) is 0.785. The fourth-order valence-corrected chi connectivity index (χ4v) is 3.34. The number of sulfonamides is 1. The molecule has 23 heavy (non-hydrogen) atoms. The molecule has 0 heterocycles. The minimum Gasteiger partial charge on any atom is -0.324 e. The average molecular weight is 350 g/mol. The second-order valence-electron chi connectivity index (χ2n) is 5.02. The second-order valence-corrected chi connectivity index (χ2v) is 7.79. The summed E-state index contributed by atoms with van der Waals surface area (Å²) in [4.78, 5) is 13.2. The highest BCUT2D eigenvalue weighted by Gasteiger charge is 2.10. The molecule has 2 rings (SSSR count). The molecule has 0 aliphatic carbocycles. The number of hydrogen-bond acceptors (Lipinski definition) is 4. The zero-order valence-corrected chi connectivity index (χ0v) is 14.5. The molecule has 0 saturated carbocycles. The van der Waals surface area contributed by atoms with Crippen LogP contribution in [0.5, 0.6) is 0 Å². The summed E-state index contributed by atoms with van der Waals surface area (Å²) in [6.07, 6.45) is 1.07. The van der Waals surface area contributed by atoms with Crippen LogP contribution >= 0.6 is 11.8 Å². The highest BCUT2D eigenvalue weighted by atomic mass is 32.2. The molecule has 0 unspecified atom stereocenters. The van der Waals surface area contributed by atoms with Crippen molar-refractivity contribution in [2.75, 3.05) is 22.0 Å². The first-order chi connectivity index (χ1) is 10.8. The number of amides is 1. The molecule has 7 heteroatoms. The van der Waals surface area contributed by atoms with E-state index < -0.39 is 10.0 Å². The van der Waals surface area contributed by atoms with Crippen LogP contribution in [0.3, 0.4) is 0 Å². The van der Waals surface area contributed by atoms with Crippen LogP contribution in [0, 0.1) is 6.92 Å². The van der Waals surface area contributed by atoms with Crippen LogP contribution in [0.2, 0.25) is 0 Å². The van der Waals surface area contributed by atoms with E-state index in [0.717, 1.165) is 16.7 Å². The van der Waals surface area contributed by atoms with Gasteiger partial charge in [-0.1, -0.05) is 30.3 Å². The molecule has 0 spiro atoms. The van der Waals surface area contributed by atoms with Crippen molar-refractivity contribution in [2.24, 2.45) is 0 Å². The largest absolute Gasteiger partial charge is 0.324 e. The Morgan fingerprint density at radius 1 is 1.04 bits per heavy atom. The molecule has 2 aromatic rings. The van der Waals surface area contributed by atoms with Crippen molar-refractivity contribution in [3.63, 3.8) is 0 Å². The van der Waals surface area contributed by atoms with Crippen LogP contribution in [0.15, 0.2) is 53.4 Å². The Bertz CT molecular complexity index is 804. The molecule has 1 amide bonds. The first-order valence-corrected chi connectivity index (χ1v) is 9.78. The van der Waals surface area contributed by atoms with Gasteiger partial charge in [0.1, 0.15) is 0 Å². The molecule has 2 aromatic carbocycles. The number of aryl methyl sites for hydroxylation is 1. The monoisotopic (exact) mass is 350 g/mol. The first kappa shape index (κ1) is 17.4. The van der Waals surface area contributed by atoms with Crippen molar-refractivity contribution < 1.29 is 13.2 Å². The lowest BCUT2D eigenvalue weighted by molar-refractivity contribution is -0.113. The third kappa shape index (κ3) is 5.61. The molecule has 0 bridgehead atoms. The summed E-state index contributed by atoms with van der Waals surface area (Å²) >= 11 is 1.44. The van der Waals surface area contributed by atoms with E-state index in [1.807, 2.05) is 31.2 Å². The number of anilines is 2. The summed E-state index contributed by atoms with van der Waals surface area (Å²) in [5.41, 5.74) is 1.90. The highest BCUT2D eigenvalue weighted by molar-refractivity contribution is 8.00. The predicted molar refractivity (Wildman–Crippen MR) is 95.4 cm³/mol. The summed E-state index contributed by atoms with van der Waals surface area (Å²) in [6.45, 7) is 1.99. The van der Waals surface area contributed by atoms with E-state index in [-0.39, 0.29) is 11.7 Å². The molecular formula is C16H18N2O3S2. The Balaban J connectivity index is 2.02. The van der Waals surface area contributed by atoms with Gasteiger partial charge in [-0.15, -0.1) is 11.8 Å². The first-order valence-electron chi connectivity index (χ1n) is 6.90. The minimum absolute atomic E-state index is 0.194. The van der Waals surface area contributed by atoms with Crippen molar-refractivity contribution in [2.45, 2.75) is 11.8 Å². The van der Waals surface area contributed by atoms with Gasteiger partial charge < -0.3 is 5.32 Å². The van der Waals surface area contributed by atoms with Crippen molar-refractivity contribution in [1.82, 2.24) is 0 Å². The molecule has 2 N–H and O–H groups in total. The van der Waals surface area contributed by atoms with Gasteiger partial charge >= 0.3 is 0 Å². The number of benzene rings is 2. The molecule has 0 aliphatic heterocycles. The second kappa shape index (κ2) is 7.52. The molecule has 0 aliphatic rings. The molecule has 0 fully saturated rings. The van der Waals surface area contributed by atoms with E-state index in [9.17, 15) is 13.2 Å². The third-order valence-corrected chi connectivity index (χ3v) is 4.72. The van der Waals surface area contributed by atoms with Crippen LogP contribution in [-0.2, 0) is 14.8 Å². The maximum Gasteiger partial charge on any atom is 0.234 e. The Kier molecular flexibility index (Phi) is 5.68. The van der Waals surface area contributed by atoms with Crippen LogP contribution in [0.4, 0.5) is 11.4 Å². The van der Waals surface area contributed by atoms with Gasteiger partial charge in [0.25, 0.3) is 0 Å². The normalized spacial score (nSPS) is 11.0. The van der Waals surface area contributed by atoms with Gasteiger partial charge in [0.2, 0.25) is 15.9 Å². The minimum atomic E-state index is -3.40. The van der Waals surface area contributed by atoms with Crippen LogP contribution in [-0.4, -0.2) is 26.3 Å². The fourth-order valence-electron chi connectivity index (χ4n) is 1.93. The van der Waals surface area contributed by atoms with Gasteiger partial charge in [0.05, 0.1) is 23.4 Å². The summed E-state index contributed by atoms with van der Waals surface area (Å²) < 4.78 is 25.1. The summed E-state index contributed by atoms with van der Waals surface area (Å²) in [6, 6.07) is 14.5. The van der Waals surface area contributed by atoms with E-state index >= 15 is 0 Å². The van der Waals surface area contributed by atoms with Gasteiger partial charge in [0.15, 0.2) is 0 Å². The summed E-state index contributed by atoms with van der Waals surface area (Å²) in [5.74, 6) is 0.0546. The zero-order chi connectivity index (χ0) is 16.9. The van der Waals surface area contributed by atoms with Gasteiger partial charge in [-0.2, -0.15) is 0 Å². The molecule has 0 atom stereocenters. The number of nitrogens with one attached hydrogen (secondary N) is 2. The van der Waals surface area contributed by atoms with E-state index in [1.165, 1.54) is 11.8 Å². The average Bonchev–Trinajstić information content (AvgIpc) is 2.47. The molecule has 122 valence electrons. The Hall–Kier alpha value is -1.99. The standard InChI is InChI=1S/C16H18N2O3S2/c1-12-7-3-6-10-15(12)22-11-16(19)17-13-8-4-5-9-14(13)18-23(2,20)21/h3-10,18H,11H2,1-2H3,(H,17,19). The van der Waals surface area contributed by atoms with Gasteiger partial charge in [-0.25, -0.2) is 8.42 Å². The number of thioether (sulfide) groups is 1. The van der Waals surface area contributed by atoms with E-state index in [0.29, 0.717) is 11.4 Å². The van der Waals surface area contributed by atoms with Crippen LogP contribution in [0.1, 0.15) is 5.56 Å². The van der Waals surface area contributed by atoms with Gasteiger partial charge in [-0.3, -0.25) is 9.52 Å². The number of hydrogen-bond donors (Lipinski definition) is 2. The molecule has 5 nitrogen and oxygen atoms in total. The summed E-state index contributed by atoms with van der Waals surface area (Å²) in [5, 5.41) is 2.74. The van der Waals surface area contributed by atoms with Crippen molar-refractivity contribution >= 4 is 39.1 Å². The van der Waals surface area contributed by atoms with Crippen molar-refractivity contribution in [3.05, 3.63) is 54.1 Å². The molecular weight excluding hydrogens is 332 g/mol. The maximum absolute atomic E-state index is 12.1. The smallest absolute Gasteiger partial charge is 0.234 e. The number of carbonyl (C=O) groups excluding carboxylic acids is 1. The van der Waals surface area contributed by atoms with Crippen LogP contribution < -0.4 is 10.0 Å². The van der Waals surface area contributed by atoms with Gasteiger partial charge in [-0.05, 0) is 30.7 Å². The number of carbonyl (C=O) groups is 1. The molecule has 0 saturated heterocycles. The molecule has 0 aromatic heterocycles. The zero-order valence-electron chi connectivity index (χ0n) is 12.9. The SMILES string of the molecule is Cc1ccccc1SCC(=O)Nc1ccccc1NS(C)(=O)=O. The lowest BCUT2D eigenvalue weighted by Crippen LogP contribution is -2.17. The fraction of sp³-hybridized carbons (Fsp3) is 0.188. The Morgan fingerprint density at radius 2 is 1.65 bits per heavy atom. The topological polar surface area (TPSA) is 75.3 Å². The lowest BCUT2D eigenvalue weighted by Gasteiger charge is -2.12. The highest BCUT2D eigenvalue weighted by Crippen LogP contribution is 2.24. The van der Waals surface area contributed by atoms with E-state index in [4.69, 9.17) is 0 Å². The van der Waals surface area contributed by atoms with E-state index in [2.05, 4.69) is 10.0 Å². The predicted octanol–water partition coefficient (Wildman–Crippen LogP) is 3.10. The van der Waals surface area contributed by atoms with Crippen LogP contribution in [0.25, 0.3) is 0 Å². The Morgan fingerprint density at radius 3 is 2.30 bits per heavy atom. The van der Waals surface area contributed by atoms with E-state index in [1.54, 1.807) is 24.3 Å². The third-order valence-electron chi connectivity index (χ3n) is 2.95. The Labute approximate surface area is 140 Å². The molecule has 0 radical (unpaired) electrons. The maximum atomic E-state index is 12.1. The number of rotatable bonds is 6. The van der Waals surface area contributed by atoms with Crippen molar-refractivity contribution in [3.8, 4) is 0 Å². The van der Waals surface area contributed by atoms with Gasteiger partial charge in [0, 0.05) is 4.90 Å². The summed E-state index contributed by atoms with van der Waals surface area (Å²) in [7, 11) is -3.40.